The third-order valence-corrected chi connectivity index (χ3v) is 1.99. The number of aliphatic imine (C=N–C) groups is 1. The molecular weight excluding hydrogens is 204 g/mol. The summed E-state index contributed by atoms with van der Waals surface area (Å²) in [5, 5.41) is 16.4. The van der Waals surface area contributed by atoms with E-state index in [0.717, 1.165) is 18.2 Å². The Labute approximate surface area is 95.2 Å². The van der Waals surface area contributed by atoms with Gasteiger partial charge < -0.3 is 15.3 Å². The van der Waals surface area contributed by atoms with Crippen LogP contribution >= 0.6 is 0 Å². The minimum Gasteiger partial charge on any atom is -0.512 e. The fourth-order valence-corrected chi connectivity index (χ4v) is 1.28. The molecule has 0 amide bonds. The Morgan fingerprint density at radius 3 is 3.12 bits per heavy atom. The normalized spacial score (nSPS) is 16.9. The maximum Gasteiger partial charge on any atom is 0.154 e. The number of nitrogens with zero attached hydrogens (tertiary/aromatic N) is 1. The maximum atomic E-state index is 9.30. The zero-order valence-corrected chi connectivity index (χ0v) is 9.31. The summed E-state index contributed by atoms with van der Waals surface area (Å²) in [6, 6.07) is 0. The Bertz CT molecular complexity index is 365. The lowest BCUT2D eigenvalue weighted by molar-refractivity contribution is 0.250. The van der Waals surface area contributed by atoms with Gasteiger partial charge in [-0.15, -0.1) is 0 Å². The lowest BCUT2D eigenvalue weighted by Crippen LogP contribution is -1.93. The second-order valence-corrected chi connectivity index (χ2v) is 3.27. The van der Waals surface area contributed by atoms with Crippen LogP contribution in [0.5, 0.6) is 0 Å². The first-order chi connectivity index (χ1) is 7.76. The highest BCUT2D eigenvalue weighted by Crippen LogP contribution is 2.13. The first-order valence-corrected chi connectivity index (χ1v) is 5.22. The van der Waals surface area contributed by atoms with E-state index in [9.17, 15) is 5.11 Å². The van der Waals surface area contributed by atoms with E-state index in [-0.39, 0.29) is 0 Å². The molecule has 1 rings (SSSR count). The highest BCUT2D eigenvalue weighted by Gasteiger charge is 2.00. The predicted molar refractivity (Wildman–Crippen MR) is 65.0 cm³/mol. The topological polar surface area (TPSA) is 65.7 Å². The number of allylic oxidation sites excluding steroid dienone is 5. The third-order valence-electron chi connectivity index (χ3n) is 1.99. The van der Waals surface area contributed by atoms with Gasteiger partial charge in [0.1, 0.15) is 0 Å². The van der Waals surface area contributed by atoms with Gasteiger partial charge in [0.05, 0.1) is 24.8 Å². The summed E-state index contributed by atoms with van der Waals surface area (Å²) in [6.45, 7) is 2.37. The second kappa shape index (κ2) is 6.61. The fraction of sp³-hybridized carbons (Fsp3) is 0.333. The molecule has 86 valence electrons. The Kier molecular flexibility index (Phi) is 5.05. The van der Waals surface area contributed by atoms with E-state index in [2.05, 4.69) is 4.99 Å². The van der Waals surface area contributed by atoms with Gasteiger partial charge in [0.2, 0.25) is 0 Å². The zero-order chi connectivity index (χ0) is 11.8. The summed E-state index contributed by atoms with van der Waals surface area (Å²) in [6.07, 6.45) is 9.44. The van der Waals surface area contributed by atoms with E-state index in [1.165, 1.54) is 6.20 Å². The molecule has 1 aliphatic rings. The lowest BCUT2D eigenvalue weighted by atomic mass is 10.1. The van der Waals surface area contributed by atoms with Crippen molar-refractivity contribution < 1.29 is 9.84 Å². The number of hydrogen-bond donors (Lipinski definition) is 2. The number of aliphatic hydroxyl groups is 1. The number of ether oxygens (including phenoxy) is 1. The van der Waals surface area contributed by atoms with Gasteiger partial charge in [-0.3, -0.25) is 4.99 Å². The average Bonchev–Trinajstić information content (AvgIpc) is 2.28. The molecule has 0 bridgehead atoms. The van der Waals surface area contributed by atoms with Crippen LogP contribution in [0.1, 0.15) is 19.8 Å². The van der Waals surface area contributed by atoms with E-state index < -0.39 is 0 Å². The van der Waals surface area contributed by atoms with Crippen molar-refractivity contribution in [3.05, 3.63) is 35.4 Å². The highest BCUT2D eigenvalue weighted by molar-refractivity contribution is 5.83. The number of rotatable bonds is 5. The van der Waals surface area contributed by atoms with Crippen molar-refractivity contribution >= 4 is 12.4 Å². The SMILES string of the molecule is CCO/C(C=N)=C/N=CC1=CCCC(O)=C1. The lowest BCUT2D eigenvalue weighted by Gasteiger charge is -2.04. The van der Waals surface area contributed by atoms with Crippen molar-refractivity contribution in [1.82, 2.24) is 0 Å². The molecule has 2 N–H and O–H groups in total. The molecule has 0 aromatic heterocycles. The van der Waals surface area contributed by atoms with Crippen LogP contribution in [0.3, 0.4) is 0 Å². The first-order valence-electron chi connectivity index (χ1n) is 5.22. The Hall–Kier alpha value is -1.84. The summed E-state index contributed by atoms with van der Waals surface area (Å²) in [5.41, 5.74) is 0.876. The van der Waals surface area contributed by atoms with E-state index in [4.69, 9.17) is 10.1 Å². The van der Waals surface area contributed by atoms with Crippen LogP contribution in [0, 0.1) is 5.41 Å². The van der Waals surface area contributed by atoms with Crippen LogP contribution in [-0.4, -0.2) is 24.1 Å². The molecule has 0 fully saturated rings. The standard InChI is InChI=1S/C12H16N2O2/c1-2-16-12(7-13)9-14-8-10-4-3-5-11(15)6-10/h4,6-9,13,15H,2-3,5H2,1H3/b12-9+,13-7?,14-8?. The van der Waals surface area contributed by atoms with Gasteiger partial charge in [0, 0.05) is 12.6 Å². The molecular formula is C12H16N2O2. The molecule has 0 saturated heterocycles. The van der Waals surface area contributed by atoms with Crippen molar-refractivity contribution in [2.45, 2.75) is 19.8 Å². The molecule has 4 heteroatoms. The molecule has 0 aliphatic heterocycles. The van der Waals surface area contributed by atoms with Crippen LogP contribution in [0.15, 0.2) is 40.4 Å². The summed E-state index contributed by atoms with van der Waals surface area (Å²) >= 11 is 0. The highest BCUT2D eigenvalue weighted by atomic mass is 16.5. The predicted octanol–water partition coefficient (Wildman–Crippen LogP) is 2.75. The minimum absolute atomic E-state index is 0.380. The smallest absolute Gasteiger partial charge is 0.154 e. The van der Waals surface area contributed by atoms with Crippen LogP contribution in [0.2, 0.25) is 0 Å². The largest absolute Gasteiger partial charge is 0.512 e. The molecule has 0 saturated carbocycles. The van der Waals surface area contributed by atoms with Crippen LogP contribution in [0.25, 0.3) is 0 Å². The number of aliphatic hydroxyl groups excluding tert-OH is 1. The molecule has 16 heavy (non-hydrogen) atoms. The summed E-state index contributed by atoms with van der Waals surface area (Å²) in [5.74, 6) is 0.799. The fourth-order valence-electron chi connectivity index (χ4n) is 1.28. The van der Waals surface area contributed by atoms with Crippen molar-refractivity contribution in [3.8, 4) is 0 Å². The van der Waals surface area contributed by atoms with E-state index >= 15 is 0 Å². The molecule has 0 aromatic carbocycles. The summed E-state index contributed by atoms with van der Waals surface area (Å²) < 4.78 is 5.12. The maximum absolute atomic E-state index is 9.30. The Morgan fingerprint density at radius 2 is 2.50 bits per heavy atom. The van der Waals surface area contributed by atoms with E-state index in [1.807, 2.05) is 13.0 Å². The molecule has 0 radical (unpaired) electrons. The minimum atomic E-state index is 0.380. The van der Waals surface area contributed by atoms with E-state index in [0.29, 0.717) is 24.5 Å². The van der Waals surface area contributed by atoms with E-state index in [1.54, 1.807) is 12.3 Å². The second-order valence-electron chi connectivity index (χ2n) is 3.27. The molecule has 4 nitrogen and oxygen atoms in total. The van der Waals surface area contributed by atoms with Gasteiger partial charge in [-0.25, -0.2) is 0 Å². The van der Waals surface area contributed by atoms with Gasteiger partial charge in [-0.05, 0) is 25.0 Å². The van der Waals surface area contributed by atoms with Crippen LogP contribution < -0.4 is 0 Å². The third kappa shape index (κ3) is 4.13. The molecule has 0 heterocycles. The van der Waals surface area contributed by atoms with Gasteiger partial charge in [-0.1, -0.05) is 6.08 Å². The molecule has 0 unspecified atom stereocenters. The van der Waals surface area contributed by atoms with Crippen LogP contribution in [0.4, 0.5) is 0 Å². The van der Waals surface area contributed by atoms with Gasteiger partial charge in [0.25, 0.3) is 0 Å². The zero-order valence-electron chi connectivity index (χ0n) is 9.31. The van der Waals surface area contributed by atoms with Crippen molar-refractivity contribution in [1.29, 1.82) is 5.41 Å². The van der Waals surface area contributed by atoms with Gasteiger partial charge in [-0.2, -0.15) is 0 Å². The summed E-state index contributed by atoms with van der Waals surface area (Å²) in [4.78, 5) is 4.03. The van der Waals surface area contributed by atoms with Crippen molar-refractivity contribution in [2.24, 2.45) is 4.99 Å². The van der Waals surface area contributed by atoms with Gasteiger partial charge in [0.15, 0.2) is 5.76 Å². The molecule has 1 aliphatic carbocycles. The quantitative estimate of drug-likeness (QED) is 0.552. The number of nitrogens with one attached hydrogen (secondary N) is 1. The Balaban J connectivity index is 2.60. The Morgan fingerprint density at radius 1 is 1.69 bits per heavy atom. The van der Waals surface area contributed by atoms with Crippen LogP contribution in [-0.2, 0) is 4.74 Å². The molecule has 0 spiro atoms. The molecule has 0 aromatic rings. The monoisotopic (exact) mass is 220 g/mol. The molecule has 0 atom stereocenters. The first kappa shape index (κ1) is 12.2. The average molecular weight is 220 g/mol. The number of hydrogen-bond acceptors (Lipinski definition) is 4. The van der Waals surface area contributed by atoms with Crippen molar-refractivity contribution in [3.63, 3.8) is 0 Å². The van der Waals surface area contributed by atoms with Gasteiger partial charge >= 0.3 is 0 Å². The van der Waals surface area contributed by atoms with Crippen molar-refractivity contribution in [2.75, 3.05) is 6.61 Å². The summed E-state index contributed by atoms with van der Waals surface area (Å²) in [7, 11) is 0.